The smallest absolute Gasteiger partial charge is 0.135 e. The van der Waals surface area contributed by atoms with Crippen LogP contribution in [0, 0.1) is 11.3 Å². The predicted molar refractivity (Wildman–Crippen MR) is 48.5 cm³/mol. The molecule has 0 atom stereocenters. The maximum Gasteiger partial charge on any atom is 0.135 e. The number of aromatic amines is 1. The molecule has 0 saturated heterocycles. The highest BCUT2D eigenvalue weighted by Crippen LogP contribution is 2.21. The number of H-pyrrole nitrogens is 1. The number of halogens is 1. The Hall–Kier alpha value is -1.34. The van der Waals surface area contributed by atoms with E-state index in [0.29, 0.717) is 5.56 Å². The highest BCUT2D eigenvalue weighted by molar-refractivity contribution is 9.10. The molecule has 0 saturated carbocycles. The lowest BCUT2D eigenvalue weighted by Crippen LogP contribution is -1.72. The zero-order valence-corrected chi connectivity index (χ0v) is 7.59. The Balaban J connectivity index is 2.82. The highest BCUT2D eigenvalue weighted by atomic mass is 79.9. The quantitative estimate of drug-likeness (QED) is 0.742. The molecule has 0 fully saturated rings. The molecule has 1 N–H and O–H groups in total. The van der Waals surface area contributed by atoms with Gasteiger partial charge in [0.25, 0.3) is 0 Å². The standard InChI is InChI=1S/C8H4BrN3/c9-8-6-3-5(4-10)1-2-7(6)11-12-8/h1-3H,(H,11,12). The van der Waals surface area contributed by atoms with Crippen LogP contribution in [0.5, 0.6) is 0 Å². The Morgan fingerprint density at radius 2 is 2.33 bits per heavy atom. The maximum atomic E-state index is 8.63. The predicted octanol–water partition coefficient (Wildman–Crippen LogP) is 2.20. The summed E-state index contributed by atoms with van der Waals surface area (Å²) in [6, 6.07) is 7.46. The van der Waals surface area contributed by atoms with Gasteiger partial charge in [0.1, 0.15) is 4.60 Å². The molecule has 0 radical (unpaired) electrons. The van der Waals surface area contributed by atoms with E-state index in [1.54, 1.807) is 12.1 Å². The summed E-state index contributed by atoms with van der Waals surface area (Å²) in [5, 5.41) is 16.4. The Bertz CT molecular complexity index is 467. The fraction of sp³-hybridized carbons (Fsp3) is 0. The molecule has 0 aliphatic rings. The molecule has 0 spiro atoms. The summed E-state index contributed by atoms with van der Waals surface area (Å²) in [5.74, 6) is 0. The van der Waals surface area contributed by atoms with Gasteiger partial charge in [-0.05, 0) is 34.1 Å². The number of benzene rings is 1. The fourth-order valence-corrected chi connectivity index (χ4v) is 1.47. The molecular formula is C8H4BrN3. The van der Waals surface area contributed by atoms with Crippen LogP contribution in [0.15, 0.2) is 22.8 Å². The Morgan fingerprint density at radius 1 is 1.50 bits per heavy atom. The number of hydrogen-bond donors (Lipinski definition) is 1. The number of aromatic nitrogens is 2. The van der Waals surface area contributed by atoms with E-state index in [9.17, 15) is 0 Å². The molecule has 1 heterocycles. The van der Waals surface area contributed by atoms with Gasteiger partial charge < -0.3 is 0 Å². The van der Waals surface area contributed by atoms with E-state index in [-0.39, 0.29) is 0 Å². The van der Waals surface area contributed by atoms with Gasteiger partial charge in [-0.3, -0.25) is 5.10 Å². The summed E-state index contributed by atoms with van der Waals surface area (Å²) in [7, 11) is 0. The molecule has 2 rings (SSSR count). The number of fused-ring (bicyclic) bond motifs is 1. The molecule has 0 aliphatic carbocycles. The fourth-order valence-electron chi connectivity index (χ4n) is 1.05. The van der Waals surface area contributed by atoms with Crippen molar-refractivity contribution in [2.75, 3.05) is 0 Å². The van der Waals surface area contributed by atoms with Gasteiger partial charge in [0.05, 0.1) is 17.1 Å². The van der Waals surface area contributed by atoms with Crippen molar-refractivity contribution in [3.8, 4) is 6.07 Å². The van der Waals surface area contributed by atoms with Crippen LogP contribution in [0.4, 0.5) is 0 Å². The first kappa shape index (κ1) is 7.32. The SMILES string of the molecule is N#Cc1ccc2[nH]nc(Br)c2c1. The van der Waals surface area contributed by atoms with Crippen molar-refractivity contribution in [2.45, 2.75) is 0 Å². The van der Waals surface area contributed by atoms with E-state index in [1.807, 2.05) is 6.07 Å². The largest absolute Gasteiger partial charge is 0.277 e. The molecule has 3 nitrogen and oxygen atoms in total. The monoisotopic (exact) mass is 221 g/mol. The first-order valence-corrected chi connectivity index (χ1v) is 4.14. The van der Waals surface area contributed by atoms with Gasteiger partial charge in [-0.15, -0.1) is 0 Å². The van der Waals surface area contributed by atoms with Gasteiger partial charge in [0.15, 0.2) is 0 Å². The van der Waals surface area contributed by atoms with Crippen molar-refractivity contribution in [3.05, 3.63) is 28.4 Å². The summed E-state index contributed by atoms with van der Waals surface area (Å²) < 4.78 is 0.745. The minimum absolute atomic E-state index is 0.643. The van der Waals surface area contributed by atoms with Crippen LogP contribution < -0.4 is 0 Å². The third-order valence-electron chi connectivity index (χ3n) is 1.65. The van der Waals surface area contributed by atoms with Crippen molar-refractivity contribution in [1.29, 1.82) is 5.26 Å². The molecule has 1 aromatic heterocycles. The van der Waals surface area contributed by atoms with Crippen LogP contribution in [0.25, 0.3) is 10.9 Å². The molecule has 58 valence electrons. The molecule has 0 aliphatic heterocycles. The summed E-state index contributed by atoms with van der Waals surface area (Å²) in [5.41, 5.74) is 1.57. The molecule has 0 unspecified atom stereocenters. The van der Waals surface area contributed by atoms with Gasteiger partial charge in [-0.1, -0.05) is 0 Å². The Morgan fingerprint density at radius 3 is 3.08 bits per heavy atom. The summed E-state index contributed by atoms with van der Waals surface area (Å²) >= 11 is 3.28. The van der Waals surface area contributed by atoms with E-state index in [1.165, 1.54) is 0 Å². The molecule has 12 heavy (non-hydrogen) atoms. The van der Waals surface area contributed by atoms with Crippen molar-refractivity contribution in [2.24, 2.45) is 0 Å². The van der Waals surface area contributed by atoms with Crippen LogP contribution in [0.1, 0.15) is 5.56 Å². The second kappa shape index (κ2) is 2.61. The first-order chi connectivity index (χ1) is 5.81. The normalized spacial score (nSPS) is 10.0. The van der Waals surface area contributed by atoms with Crippen molar-refractivity contribution < 1.29 is 0 Å². The lowest BCUT2D eigenvalue weighted by molar-refractivity contribution is 1.10. The zero-order valence-electron chi connectivity index (χ0n) is 6.00. The van der Waals surface area contributed by atoms with Gasteiger partial charge >= 0.3 is 0 Å². The van der Waals surface area contributed by atoms with E-state index in [2.05, 4.69) is 32.2 Å². The third kappa shape index (κ3) is 0.990. The maximum absolute atomic E-state index is 8.63. The second-order valence-electron chi connectivity index (χ2n) is 2.39. The second-order valence-corrected chi connectivity index (χ2v) is 3.14. The average molecular weight is 222 g/mol. The van der Waals surface area contributed by atoms with Crippen LogP contribution in [-0.4, -0.2) is 10.2 Å². The topological polar surface area (TPSA) is 52.5 Å². The Kier molecular flexibility index (Phi) is 1.59. The Labute approximate surface area is 77.1 Å². The van der Waals surface area contributed by atoms with Crippen LogP contribution in [0.2, 0.25) is 0 Å². The lowest BCUT2D eigenvalue weighted by Gasteiger charge is -1.88. The lowest BCUT2D eigenvalue weighted by atomic mass is 10.2. The molecule has 2 aromatic rings. The van der Waals surface area contributed by atoms with Gasteiger partial charge in [0, 0.05) is 5.39 Å². The van der Waals surface area contributed by atoms with Crippen LogP contribution in [0.3, 0.4) is 0 Å². The van der Waals surface area contributed by atoms with Crippen molar-refractivity contribution >= 4 is 26.8 Å². The van der Waals surface area contributed by atoms with Gasteiger partial charge in [-0.2, -0.15) is 10.4 Å². The number of nitrogens with one attached hydrogen (secondary N) is 1. The van der Waals surface area contributed by atoms with E-state index in [4.69, 9.17) is 5.26 Å². The number of hydrogen-bond acceptors (Lipinski definition) is 2. The molecule has 0 bridgehead atoms. The molecular weight excluding hydrogens is 218 g/mol. The van der Waals surface area contributed by atoms with Crippen LogP contribution in [-0.2, 0) is 0 Å². The van der Waals surface area contributed by atoms with Crippen molar-refractivity contribution in [1.82, 2.24) is 10.2 Å². The molecule has 4 heteroatoms. The zero-order chi connectivity index (χ0) is 8.55. The average Bonchev–Trinajstić information content (AvgIpc) is 2.47. The minimum atomic E-state index is 0.643. The number of rotatable bonds is 0. The molecule has 1 aromatic carbocycles. The van der Waals surface area contributed by atoms with E-state index >= 15 is 0 Å². The molecule has 0 amide bonds. The summed E-state index contributed by atoms with van der Waals surface area (Å²) in [4.78, 5) is 0. The number of nitrogens with zero attached hydrogens (tertiary/aromatic N) is 2. The van der Waals surface area contributed by atoms with Gasteiger partial charge in [-0.25, -0.2) is 0 Å². The van der Waals surface area contributed by atoms with Gasteiger partial charge in [0.2, 0.25) is 0 Å². The highest BCUT2D eigenvalue weighted by Gasteiger charge is 2.02. The van der Waals surface area contributed by atoms with E-state index < -0.39 is 0 Å². The number of nitriles is 1. The summed E-state index contributed by atoms with van der Waals surface area (Å²) in [6.45, 7) is 0. The van der Waals surface area contributed by atoms with Crippen molar-refractivity contribution in [3.63, 3.8) is 0 Å². The minimum Gasteiger partial charge on any atom is -0.277 e. The van der Waals surface area contributed by atoms with E-state index in [0.717, 1.165) is 15.5 Å². The summed E-state index contributed by atoms with van der Waals surface area (Å²) in [6.07, 6.45) is 0. The first-order valence-electron chi connectivity index (χ1n) is 3.35. The third-order valence-corrected chi connectivity index (χ3v) is 2.25. The van der Waals surface area contributed by atoms with Crippen LogP contribution >= 0.6 is 15.9 Å².